The molecule has 1 saturated carbocycles. The molecule has 1 atom stereocenters. The summed E-state index contributed by atoms with van der Waals surface area (Å²) < 4.78 is 0. The van der Waals surface area contributed by atoms with Crippen molar-refractivity contribution in [3.05, 3.63) is 34.4 Å². The van der Waals surface area contributed by atoms with Crippen molar-refractivity contribution in [2.75, 3.05) is 18.4 Å². The maximum absolute atomic E-state index is 11.0. The Kier molecular flexibility index (Phi) is 3.87. The number of hydrogen-bond donors (Lipinski definition) is 1. The number of nitrogens with one attached hydrogen (secondary N) is 1. The highest BCUT2D eigenvalue weighted by Crippen LogP contribution is 2.29. The summed E-state index contributed by atoms with van der Waals surface area (Å²) in [6, 6.07) is 7.99. The average Bonchev–Trinajstić information content (AvgIpc) is 3.09. The topological polar surface area (TPSA) is 58.4 Å². The smallest absolute Gasteiger partial charge is 0.292 e. The number of rotatable bonds is 4. The Hall–Kier alpha value is -1.62. The monoisotopic (exact) mass is 275 g/mol. The minimum Gasteiger partial charge on any atom is -0.375 e. The van der Waals surface area contributed by atoms with E-state index in [-0.39, 0.29) is 10.6 Å². The molecule has 1 saturated heterocycles. The zero-order chi connectivity index (χ0) is 13.9. The highest BCUT2D eigenvalue weighted by Gasteiger charge is 2.30. The summed E-state index contributed by atoms with van der Waals surface area (Å²) >= 11 is 0. The van der Waals surface area contributed by atoms with Gasteiger partial charge in [0.15, 0.2) is 0 Å². The van der Waals surface area contributed by atoms with E-state index in [0.29, 0.717) is 11.7 Å². The van der Waals surface area contributed by atoms with Crippen LogP contribution in [0.4, 0.5) is 11.4 Å². The zero-order valence-electron chi connectivity index (χ0n) is 11.6. The Morgan fingerprint density at radius 1 is 1.20 bits per heavy atom. The van der Waals surface area contributed by atoms with Gasteiger partial charge in [0, 0.05) is 31.2 Å². The van der Waals surface area contributed by atoms with Crippen molar-refractivity contribution < 1.29 is 4.92 Å². The second-order valence-electron chi connectivity index (χ2n) is 5.84. The quantitative estimate of drug-likeness (QED) is 0.678. The summed E-state index contributed by atoms with van der Waals surface area (Å²) in [5.41, 5.74) is 0.822. The van der Waals surface area contributed by atoms with E-state index in [1.807, 2.05) is 6.07 Å². The Bertz CT molecular complexity index is 486. The first-order valence-corrected chi connectivity index (χ1v) is 7.48. The fraction of sp³-hybridized carbons (Fsp3) is 0.600. The van der Waals surface area contributed by atoms with E-state index in [0.717, 1.165) is 25.6 Å². The van der Waals surface area contributed by atoms with Crippen LogP contribution in [0.3, 0.4) is 0 Å². The van der Waals surface area contributed by atoms with E-state index in [9.17, 15) is 10.1 Å². The van der Waals surface area contributed by atoms with Crippen LogP contribution in [0.2, 0.25) is 0 Å². The van der Waals surface area contributed by atoms with E-state index < -0.39 is 0 Å². The van der Waals surface area contributed by atoms with Crippen LogP contribution < -0.4 is 5.32 Å². The lowest BCUT2D eigenvalue weighted by molar-refractivity contribution is -0.384. The number of likely N-dealkylation sites (tertiary alicyclic amines) is 1. The fourth-order valence-electron chi connectivity index (χ4n) is 3.48. The second kappa shape index (κ2) is 5.79. The number of para-hydroxylation sites is 2. The van der Waals surface area contributed by atoms with E-state index in [4.69, 9.17) is 0 Å². The molecule has 2 fully saturated rings. The van der Waals surface area contributed by atoms with Gasteiger partial charge in [-0.2, -0.15) is 0 Å². The Labute approximate surface area is 119 Å². The van der Waals surface area contributed by atoms with Crippen LogP contribution in [0.1, 0.15) is 32.1 Å². The van der Waals surface area contributed by atoms with Crippen molar-refractivity contribution in [3.63, 3.8) is 0 Å². The molecule has 3 rings (SSSR count). The van der Waals surface area contributed by atoms with Crippen molar-refractivity contribution in [2.45, 2.75) is 44.2 Å². The molecule has 0 bridgehead atoms. The van der Waals surface area contributed by atoms with Gasteiger partial charge in [-0.05, 0) is 25.3 Å². The van der Waals surface area contributed by atoms with Gasteiger partial charge in [0.2, 0.25) is 0 Å². The van der Waals surface area contributed by atoms with E-state index in [1.165, 1.54) is 25.7 Å². The number of nitro groups is 1. The molecule has 1 aromatic carbocycles. The van der Waals surface area contributed by atoms with Crippen molar-refractivity contribution >= 4 is 11.4 Å². The van der Waals surface area contributed by atoms with Crippen molar-refractivity contribution in [1.82, 2.24) is 4.90 Å². The molecule has 2 aliphatic rings. The minimum atomic E-state index is -0.313. The molecular formula is C15H21N3O2. The van der Waals surface area contributed by atoms with Gasteiger partial charge in [0.05, 0.1) is 4.92 Å². The van der Waals surface area contributed by atoms with Crippen LogP contribution >= 0.6 is 0 Å². The van der Waals surface area contributed by atoms with Gasteiger partial charge < -0.3 is 5.32 Å². The summed E-state index contributed by atoms with van der Waals surface area (Å²) in [6.45, 7) is 2.12. The molecule has 5 heteroatoms. The maximum atomic E-state index is 11.0. The summed E-state index contributed by atoms with van der Waals surface area (Å²) in [6.07, 6.45) is 6.41. The largest absolute Gasteiger partial charge is 0.375 e. The number of anilines is 1. The van der Waals surface area contributed by atoms with E-state index in [1.54, 1.807) is 18.2 Å². The highest BCUT2D eigenvalue weighted by molar-refractivity contribution is 5.61. The van der Waals surface area contributed by atoms with Crippen LogP contribution in [0.25, 0.3) is 0 Å². The van der Waals surface area contributed by atoms with Crippen molar-refractivity contribution in [1.29, 1.82) is 0 Å². The Balaban J connectivity index is 1.63. The Morgan fingerprint density at radius 2 is 1.95 bits per heavy atom. The molecule has 1 unspecified atom stereocenters. The van der Waals surface area contributed by atoms with Gasteiger partial charge in [-0.1, -0.05) is 25.0 Å². The summed E-state index contributed by atoms with van der Waals surface area (Å²) in [4.78, 5) is 13.3. The van der Waals surface area contributed by atoms with Crippen LogP contribution in [-0.4, -0.2) is 35.0 Å². The molecule has 0 spiro atoms. The van der Waals surface area contributed by atoms with E-state index >= 15 is 0 Å². The van der Waals surface area contributed by atoms with Crippen molar-refractivity contribution in [3.8, 4) is 0 Å². The molecule has 1 N–H and O–H groups in total. The van der Waals surface area contributed by atoms with Crippen LogP contribution in [0, 0.1) is 10.1 Å². The third kappa shape index (κ3) is 2.77. The molecular weight excluding hydrogens is 254 g/mol. The summed E-state index contributed by atoms with van der Waals surface area (Å²) in [7, 11) is 0. The summed E-state index contributed by atoms with van der Waals surface area (Å²) in [5.74, 6) is 0. The van der Waals surface area contributed by atoms with Gasteiger partial charge in [0.25, 0.3) is 5.69 Å². The lowest BCUT2D eigenvalue weighted by Crippen LogP contribution is -2.33. The predicted molar refractivity (Wildman–Crippen MR) is 79.0 cm³/mol. The molecule has 1 heterocycles. The summed E-state index contributed by atoms with van der Waals surface area (Å²) in [5, 5.41) is 14.4. The first kappa shape index (κ1) is 13.4. The predicted octanol–water partition coefficient (Wildman–Crippen LogP) is 3.02. The van der Waals surface area contributed by atoms with Gasteiger partial charge in [0.1, 0.15) is 5.69 Å². The first-order chi connectivity index (χ1) is 9.74. The molecule has 0 aromatic heterocycles. The standard InChI is InChI=1S/C15H21N3O2/c19-18(20)15-8-4-3-7-14(15)16-12-9-10-17(11-12)13-5-1-2-6-13/h3-4,7-8,12-13,16H,1-2,5-6,9-11H2. The van der Waals surface area contributed by atoms with Gasteiger partial charge in [-0.25, -0.2) is 0 Å². The molecule has 1 aliphatic heterocycles. The molecule has 1 aliphatic carbocycles. The molecule has 0 amide bonds. The number of benzene rings is 1. The molecule has 1 aromatic rings. The molecule has 0 radical (unpaired) electrons. The van der Waals surface area contributed by atoms with Gasteiger partial charge >= 0.3 is 0 Å². The number of nitrogens with zero attached hydrogens (tertiary/aromatic N) is 2. The van der Waals surface area contributed by atoms with Crippen LogP contribution in [0.15, 0.2) is 24.3 Å². The average molecular weight is 275 g/mol. The lowest BCUT2D eigenvalue weighted by Gasteiger charge is -2.23. The maximum Gasteiger partial charge on any atom is 0.292 e. The normalized spacial score (nSPS) is 24.1. The van der Waals surface area contributed by atoms with E-state index in [2.05, 4.69) is 10.2 Å². The minimum absolute atomic E-state index is 0.173. The second-order valence-corrected chi connectivity index (χ2v) is 5.84. The fourth-order valence-corrected chi connectivity index (χ4v) is 3.48. The number of nitro benzene ring substituents is 1. The van der Waals surface area contributed by atoms with Gasteiger partial charge in [-0.15, -0.1) is 0 Å². The zero-order valence-corrected chi connectivity index (χ0v) is 11.6. The van der Waals surface area contributed by atoms with Crippen LogP contribution in [0.5, 0.6) is 0 Å². The molecule has 20 heavy (non-hydrogen) atoms. The number of hydrogen-bond acceptors (Lipinski definition) is 4. The highest BCUT2D eigenvalue weighted by atomic mass is 16.6. The molecule has 108 valence electrons. The Morgan fingerprint density at radius 3 is 2.70 bits per heavy atom. The van der Waals surface area contributed by atoms with Crippen LogP contribution in [-0.2, 0) is 0 Å². The van der Waals surface area contributed by atoms with Crippen molar-refractivity contribution in [2.24, 2.45) is 0 Å². The third-order valence-corrected chi connectivity index (χ3v) is 4.52. The first-order valence-electron chi connectivity index (χ1n) is 7.48. The SMILES string of the molecule is O=[N+]([O-])c1ccccc1NC1CCN(C2CCCC2)C1. The molecule has 5 nitrogen and oxygen atoms in total. The lowest BCUT2D eigenvalue weighted by atomic mass is 10.2. The third-order valence-electron chi connectivity index (χ3n) is 4.52. The van der Waals surface area contributed by atoms with Gasteiger partial charge in [-0.3, -0.25) is 15.0 Å².